The predicted molar refractivity (Wildman–Crippen MR) is 130 cm³/mol. The molecule has 7 N–H and O–H groups in total. The Morgan fingerprint density at radius 1 is 1.38 bits per heavy atom. The number of halogens is 1. The number of primary amides is 1. The number of carbonyl (C=O) groups is 1. The second-order valence-corrected chi connectivity index (χ2v) is 8.82. The van der Waals surface area contributed by atoms with Crippen molar-refractivity contribution in [1.82, 2.24) is 4.90 Å². The molecule has 3 rings (SSSR count). The Hall–Kier alpha value is -2.86. The van der Waals surface area contributed by atoms with Crippen LogP contribution in [0.3, 0.4) is 0 Å². The van der Waals surface area contributed by atoms with Gasteiger partial charge in [-0.25, -0.2) is 4.99 Å². The average Bonchev–Trinajstić information content (AvgIpc) is 3.14. The van der Waals surface area contributed by atoms with E-state index in [4.69, 9.17) is 48.4 Å². The summed E-state index contributed by atoms with van der Waals surface area (Å²) in [6.07, 6.45) is 0.524. The Balaban J connectivity index is 1.78. The Labute approximate surface area is 203 Å². The Bertz CT molecular complexity index is 980. The maximum absolute atomic E-state index is 11.8. The van der Waals surface area contributed by atoms with Crippen LogP contribution in [0.4, 0.5) is 5.69 Å². The number of benzene rings is 1. The third kappa shape index (κ3) is 5.79. The summed E-state index contributed by atoms with van der Waals surface area (Å²) >= 11 is 6.13. The highest BCUT2D eigenvalue weighted by atomic mass is 35.5. The fourth-order valence-corrected chi connectivity index (χ4v) is 3.77. The highest BCUT2D eigenvalue weighted by Crippen LogP contribution is 2.26. The molecule has 1 fully saturated rings. The maximum Gasteiger partial charge on any atom is 0.271 e. The van der Waals surface area contributed by atoms with Crippen molar-refractivity contribution in [2.45, 2.75) is 51.7 Å². The van der Waals surface area contributed by atoms with E-state index >= 15 is 0 Å². The zero-order valence-corrected chi connectivity index (χ0v) is 20.3. The largest absolute Gasteiger partial charge is 0.491 e. The molecule has 0 saturated carbocycles. The van der Waals surface area contributed by atoms with Crippen LogP contribution in [0.5, 0.6) is 5.75 Å². The van der Waals surface area contributed by atoms with Gasteiger partial charge >= 0.3 is 0 Å². The molecule has 1 aromatic carbocycles. The number of carbonyl (C=O) groups excluding carboxylic acids is 1. The third-order valence-electron chi connectivity index (χ3n) is 5.35. The van der Waals surface area contributed by atoms with Crippen LogP contribution in [0.1, 0.15) is 33.6 Å². The predicted octanol–water partition coefficient (Wildman–Crippen LogP) is 1.61. The van der Waals surface area contributed by atoms with E-state index in [-0.39, 0.29) is 28.8 Å². The quantitative estimate of drug-likeness (QED) is 0.313. The van der Waals surface area contributed by atoms with E-state index in [1.54, 1.807) is 17.0 Å². The number of anilines is 1. The first-order valence-corrected chi connectivity index (χ1v) is 11.4. The van der Waals surface area contributed by atoms with E-state index in [0.29, 0.717) is 31.2 Å². The second-order valence-electron chi connectivity index (χ2n) is 8.43. The molecular formula is C22H32ClN7O4. The number of ether oxygens (including phenoxy) is 3. The lowest BCUT2D eigenvalue weighted by molar-refractivity contribution is -0.141. The molecule has 2 atom stereocenters. The Kier molecular flexibility index (Phi) is 8.03. The van der Waals surface area contributed by atoms with Crippen molar-refractivity contribution in [3.05, 3.63) is 35.8 Å². The molecule has 2 unspecified atom stereocenters. The molecular weight excluding hydrogens is 462 g/mol. The fraction of sp³-hybridized carbons (Fsp3) is 0.500. The van der Waals surface area contributed by atoms with Crippen LogP contribution in [-0.4, -0.2) is 59.8 Å². The molecule has 0 spiro atoms. The van der Waals surface area contributed by atoms with Gasteiger partial charge in [-0.05, 0) is 44.5 Å². The summed E-state index contributed by atoms with van der Waals surface area (Å²) < 4.78 is 17.2. The lowest BCUT2D eigenvalue weighted by Crippen LogP contribution is -2.57. The van der Waals surface area contributed by atoms with Gasteiger partial charge in [-0.3, -0.25) is 15.1 Å². The van der Waals surface area contributed by atoms with E-state index in [1.807, 2.05) is 32.9 Å². The fourth-order valence-electron chi connectivity index (χ4n) is 3.59. The molecule has 1 amide bonds. The number of hydrogen-bond donors (Lipinski definition) is 4. The summed E-state index contributed by atoms with van der Waals surface area (Å²) in [6.45, 7) is 7.11. The van der Waals surface area contributed by atoms with Gasteiger partial charge in [-0.1, -0.05) is 24.9 Å². The van der Waals surface area contributed by atoms with Gasteiger partial charge in [-0.15, -0.1) is 0 Å². The molecule has 2 heterocycles. The van der Waals surface area contributed by atoms with Crippen molar-refractivity contribution in [3.63, 3.8) is 0 Å². The van der Waals surface area contributed by atoms with Crippen molar-refractivity contribution in [1.29, 1.82) is 5.41 Å². The van der Waals surface area contributed by atoms with E-state index in [1.165, 1.54) is 4.90 Å². The van der Waals surface area contributed by atoms with Crippen LogP contribution >= 0.6 is 11.6 Å². The number of aliphatic imine (C=N–C) groups is 1. The van der Waals surface area contributed by atoms with Crippen LogP contribution in [-0.2, 0) is 14.3 Å². The molecule has 11 nitrogen and oxygen atoms in total. The van der Waals surface area contributed by atoms with Crippen LogP contribution in [0.25, 0.3) is 0 Å². The topological polar surface area (TPSA) is 166 Å². The maximum atomic E-state index is 11.8. The number of guanidine groups is 1. The summed E-state index contributed by atoms with van der Waals surface area (Å²) in [5.41, 5.74) is 18.1. The van der Waals surface area contributed by atoms with Crippen LogP contribution in [0.15, 0.2) is 40.8 Å². The zero-order chi connectivity index (χ0) is 25.0. The van der Waals surface area contributed by atoms with E-state index < -0.39 is 17.9 Å². The van der Waals surface area contributed by atoms with Crippen molar-refractivity contribution < 1.29 is 19.0 Å². The molecule has 0 aromatic heterocycles. The van der Waals surface area contributed by atoms with Gasteiger partial charge in [0.05, 0.1) is 6.61 Å². The molecule has 1 aromatic rings. The number of hydrogen-bond acceptors (Lipinski definition) is 8. The first-order chi connectivity index (χ1) is 16.0. The lowest BCUT2D eigenvalue weighted by atomic mass is 10.2. The SMILES string of the molecule is CCCCN(C(=N)N1C(N)=C(C(N)=O)N=C(Cl)C1N)c1ccc(OCC2COC(C)(C)O2)cc1. The van der Waals surface area contributed by atoms with Crippen molar-refractivity contribution in [3.8, 4) is 5.75 Å². The second kappa shape index (κ2) is 10.6. The molecule has 0 aliphatic carbocycles. The highest BCUT2D eigenvalue weighted by molar-refractivity contribution is 6.67. The minimum Gasteiger partial charge on any atom is -0.491 e. The molecule has 186 valence electrons. The van der Waals surface area contributed by atoms with Gasteiger partial charge in [0.25, 0.3) is 5.91 Å². The van der Waals surface area contributed by atoms with Crippen molar-refractivity contribution >= 4 is 34.3 Å². The number of nitrogens with one attached hydrogen (secondary N) is 1. The average molecular weight is 494 g/mol. The van der Waals surface area contributed by atoms with Crippen LogP contribution < -0.4 is 26.8 Å². The monoisotopic (exact) mass is 493 g/mol. The highest BCUT2D eigenvalue weighted by Gasteiger charge is 2.35. The van der Waals surface area contributed by atoms with Gasteiger partial charge in [-0.2, -0.15) is 0 Å². The smallest absolute Gasteiger partial charge is 0.271 e. The molecule has 2 aliphatic heterocycles. The first kappa shape index (κ1) is 25.8. The summed E-state index contributed by atoms with van der Waals surface area (Å²) in [5.74, 6) is -0.998. The normalized spacial score (nSPS) is 21.9. The molecule has 2 aliphatic rings. The number of rotatable bonds is 8. The number of nitrogens with two attached hydrogens (primary N) is 3. The van der Waals surface area contributed by atoms with Crippen LogP contribution in [0, 0.1) is 5.41 Å². The van der Waals surface area contributed by atoms with Crippen molar-refractivity contribution in [2.24, 2.45) is 22.2 Å². The molecule has 1 saturated heterocycles. The third-order valence-corrected chi connectivity index (χ3v) is 5.66. The molecule has 34 heavy (non-hydrogen) atoms. The Morgan fingerprint density at radius 3 is 2.62 bits per heavy atom. The lowest BCUT2D eigenvalue weighted by Gasteiger charge is -2.38. The standard InChI is InChI=1S/C22H32ClN7O4/c1-4-5-10-29(21(27)30-18(24)16(20(26)31)28-17(23)19(30)25)13-6-8-14(9-7-13)32-11-15-12-33-22(2,3)34-15/h6-9,15,19,27H,4-5,10-12,24-25H2,1-3H3,(H2,26,31). The Morgan fingerprint density at radius 2 is 2.06 bits per heavy atom. The van der Waals surface area contributed by atoms with Gasteiger partial charge in [0, 0.05) is 12.2 Å². The van der Waals surface area contributed by atoms with E-state index in [2.05, 4.69) is 4.99 Å². The minimum atomic E-state index is -1.03. The van der Waals surface area contributed by atoms with Gasteiger partial charge in [0.2, 0.25) is 5.96 Å². The summed E-state index contributed by atoms with van der Waals surface area (Å²) in [7, 11) is 0. The number of amides is 1. The zero-order valence-electron chi connectivity index (χ0n) is 19.6. The number of nitrogens with zero attached hydrogens (tertiary/aromatic N) is 3. The van der Waals surface area contributed by atoms with E-state index in [9.17, 15) is 4.79 Å². The molecule has 0 bridgehead atoms. The van der Waals surface area contributed by atoms with Gasteiger partial charge in [0.1, 0.15) is 35.6 Å². The summed E-state index contributed by atoms with van der Waals surface area (Å²) in [4.78, 5) is 18.6. The van der Waals surface area contributed by atoms with Gasteiger partial charge in [0.15, 0.2) is 11.5 Å². The molecule has 12 heteroatoms. The summed E-state index contributed by atoms with van der Waals surface area (Å²) in [5, 5.41) is 8.76. The van der Waals surface area contributed by atoms with Gasteiger partial charge < -0.3 is 36.3 Å². The number of unbranched alkanes of at least 4 members (excludes halogenated alkanes) is 1. The minimum absolute atomic E-state index is 0.0577. The molecule has 0 radical (unpaired) electrons. The van der Waals surface area contributed by atoms with Crippen molar-refractivity contribution in [2.75, 3.05) is 24.7 Å². The van der Waals surface area contributed by atoms with E-state index in [0.717, 1.165) is 12.8 Å². The van der Waals surface area contributed by atoms with Crippen LogP contribution in [0.2, 0.25) is 0 Å². The first-order valence-electron chi connectivity index (χ1n) is 11.0. The summed E-state index contributed by atoms with van der Waals surface area (Å²) in [6, 6.07) is 7.27.